The summed E-state index contributed by atoms with van der Waals surface area (Å²) in [5.74, 6) is 0.244. The first-order valence-electron chi connectivity index (χ1n) is 5.71. The smallest absolute Gasteiger partial charge is 0.293 e. The molecular formula is C13H15N5O. The summed E-state index contributed by atoms with van der Waals surface area (Å²) in [6.07, 6.45) is 3.15. The first-order chi connectivity index (χ1) is 9.02. The van der Waals surface area contributed by atoms with Crippen LogP contribution in [-0.4, -0.2) is 22.4 Å². The van der Waals surface area contributed by atoms with Gasteiger partial charge in [0, 0.05) is 32.1 Å². The number of para-hydroxylation sites is 1. The fraction of sp³-hybridized carbons (Fsp3) is 0.154. The number of hydrogen-bond donors (Lipinski definition) is 2. The average molecular weight is 257 g/mol. The summed E-state index contributed by atoms with van der Waals surface area (Å²) in [4.78, 5) is 17.8. The van der Waals surface area contributed by atoms with Gasteiger partial charge in [-0.15, -0.1) is 0 Å². The molecule has 0 aliphatic carbocycles. The van der Waals surface area contributed by atoms with E-state index >= 15 is 0 Å². The van der Waals surface area contributed by atoms with Crippen molar-refractivity contribution in [2.24, 2.45) is 12.8 Å². The van der Waals surface area contributed by atoms with Gasteiger partial charge in [-0.05, 0) is 12.1 Å². The number of rotatable bonds is 3. The van der Waals surface area contributed by atoms with E-state index < -0.39 is 0 Å². The number of nitrogen functional groups attached to an aromatic ring is 1. The molecule has 0 saturated heterocycles. The highest BCUT2D eigenvalue weighted by atomic mass is 16.1. The van der Waals surface area contributed by atoms with Crippen LogP contribution < -0.4 is 16.2 Å². The average Bonchev–Trinajstić information content (AvgIpc) is 2.41. The monoisotopic (exact) mass is 257 g/mol. The summed E-state index contributed by atoms with van der Waals surface area (Å²) >= 11 is 0. The molecule has 0 fully saturated rings. The molecule has 19 heavy (non-hydrogen) atoms. The van der Waals surface area contributed by atoms with E-state index in [1.807, 2.05) is 6.07 Å². The molecule has 0 bridgehead atoms. The maximum atomic E-state index is 12.0. The first kappa shape index (κ1) is 12.8. The van der Waals surface area contributed by atoms with Crippen LogP contribution in [0.3, 0.4) is 0 Å². The lowest BCUT2D eigenvalue weighted by molar-refractivity contribution is 0.833. The summed E-state index contributed by atoms with van der Waals surface area (Å²) in [5.41, 5.74) is 6.59. The quantitative estimate of drug-likeness (QED) is 0.629. The summed E-state index contributed by atoms with van der Waals surface area (Å²) in [7, 11) is 3.39. The van der Waals surface area contributed by atoms with Gasteiger partial charge in [0.05, 0.1) is 5.69 Å². The van der Waals surface area contributed by atoms with E-state index in [4.69, 9.17) is 11.1 Å². The van der Waals surface area contributed by atoms with Crippen LogP contribution in [0.25, 0.3) is 0 Å². The lowest BCUT2D eigenvalue weighted by Crippen LogP contribution is -2.28. The molecule has 0 aliphatic rings. The van der Waals surface area contributed by atoms with Gasteiger partial charge in [-0.1, -0.05) is 12.1 Å². The number of nitrogens with zero attached hydrogens (tertiary/aromatic N) is 3. The number of nitrogens with one attached hydrogen (secondary N) is 1. The Labute approximate surface area is 110 Å². The molecule has 98 valence electrons. The minimum atomic E-state index is -0.205. The van der Waals surface area contributed by atoms with E-state index in [9.17, 15) is 4.79 Å². The van der Waals surface area contributed by atoms with Crippen molar-refractivity contribution in [2.45, 2.75) is 0 Å². The molecule has 0 spiro atoms. The number of anilines is 2. The largest absolute Gasteiger partial charge is 0.384 e. The van der Waals surface area contributed by atoms with Crippen molar-refractivity contribution in [3.63, 3.8) is 0 Å². The highest BCUT2D eigenvalue weighted by molar-refractivity contribution is 6.01. The fourth-order valence-corrected chi connectivity index (χ4v) is 1.82. The van der Waals surface area contributed by atoms with Crippen molar-refractivity contribution in [2.75, 3.05) is 11.9 Å². The highest BCUT2D eigenvalue weighted by Gasteiger charge is 2.14. The third kappa shape index (κ3) is 2.33. The third-order valence-corrected chi connectivity index (χ3v) is 2.87. The lowest BCUT2D eigenvalue weighted by atomic mass is 10.1. The molecule has 0 atom stereocenters. The van der Waals surface area contributed by atoms with E-state index in [2.05, 4.69) is 4.98 Å². The summed E-state index contributed by atoms with van der Waals surface area (Å²) in [6.45, 7) is 0. The van der Waals surface area contributed by atoms with Gasteiger partial charge in [-0.3, -0.25) is 10.2 Å². The molecule has 0 amide bonds. The molecule has 1 aromatic heterocycles. The molecule has 2 aromatic rings. The van der Waals surface area contributed by atoms with Gasteiger partial charge in [0.2, 0.25) is 0 Å². The molecular weight excluding hydrogens is 242 g/mol. The number of nitrogens with two attached hydrogens (primary N) is 1. The molecule has 6 heteroatoms. The summed E-state index contributed by atoms with van der Waals surface area (Å²) in [6, 6.07) is 7.16. The van der Waals surface area contributed by atoms with Gasteiger partial charge in [0.25, 0.3) is 5.56 Å². The van der Waals surface area contributed by atoms with Gasteiger partial charge in [0.15, 0.2) is 5.82 Å². The minimum absolute atomic E-state index is 0.0461. The van der Waals surface area contributed by atoms with Crippen LogP contribution in [0.4, 0.5) is 11.5 Å². The van der Waals surface area contributed by atoms with Crippen molar-refractivity contribution in [1.82, 2.24) is 9.55 Å². The van der Waals surface area contributed by atoms with E-state index in [0.29, 0.717) is 17.1 Å². The predicted octanol–water partition coefficient (Wildman–Crippen LogP) is 0.832. The van der Waals surface area contributed by atoms with Crippen LogP contribution in [0.15, 0.2) is 41.5 Å². The zero-order chi connectivity index (χ0) is 14.0. The van der Waals surface area contributed by atoms with E-state index in [0.717, 1.165) is 0 Å². The van der Waals surface area contributed by atoms with Gasteiger partial charge < -0.3 is 15.2 Å². The van der Waals surface area contributed by atoms with E-state index in [1.54, 1.807) is 49.6 Å². The number of aromatic nitrogens is 2. The number of benzene rings is 1. The Kier molecular flexibility index (Phi) is 3.33. The molecule has 1 heterocycles. The number of aryl methyl sites for hydroxylation is 1. The Bertz CT molecular complexity index is 677. The van der Waals surface area contributed by atoms with E-state index in [-0.39, 0.29) is 11.4 Å². The molecule has 1 aromatic carbocycles. The van der Waals surface area contributed by atoms with Crippen LogP contribution in [0.5, 0.6) is 0 Å². The molecule has 0 saturated carbocycles. The Morgan fingerprint density at radius 1 is 1.42 bits per heavy atom. The van der Waals surface area contributed by atoms with Gasteiger partial charge in [-0.2, -0.15) is 0 Å². The maximum Gasteiger partial charge on any atom is 0.293 e. The lowest BCUT2D eigenvalue weighted by Gasteiger charge is -2.20. The zero-order valence-corrected chi connectivity index (χ0v) is 10.8. The standard InChI is InChI=1S/C13H15N5O/c1-17-8-7-16-12(13(17)19)18(2)10-6-4-3-5-9(10)11(14)15/h3-8H,1-2H3,(H3,14,15). The number of hydrogen-bond acceptors (Lipinski definition) is 4. The predicted molar refractivity (Wildman–Crippen MR) is 75.0 cm³/mol. The van der Waals surface area contributed by atoms with Crippen LogP contribution in [-0.2, 0) is 7.05 Å². The molecule has 2 rings (SSSR count). The topological polar surface area (TPSA) is 88.0 Å². The number of amidine groups is 1. The Balaban J connectivity index is 2.56. The van der Waals surface area contributed by atoms with Gasteiger partial charge in [-0.25, -0.2) is 4.98 Å². The van der Waals surface area contributed by atoms with Gasteiger partial charge in [0.1, 0.15) is 5.84 Å². The van der Waals surface area contributed by atoms with Crippen molar-refractivity contribution in [3.05, 3.63) is 52.6 Å². The van der Waals surface area contributed by atoms with E-state index in [1.165, 1.54) is 4.57 Å². The van der Waals surface area contributed by atoms with Gasteiger partial charge >= 0.3 is 0 Å². The highest BCUT2D eigenvalue weighted by Crippen LogP contribution is 2.22. The molecule has 0 radical (unpaired) electrons. The van der Waals surface area contributed by atoms with Crippen molar-refractivity contribution >= 4 is 17.3 Å². The van der Waals surface area contributed by atoms with Crippen molar-refractivity contribution < 1.29 is 0 Å². The van der Waals surface area contributed by atoms with Crippen molar-refractivity contribution in [1.29, 1.82) is 5.41 Å². The zero-order valence-electron chi connectivity index (χ0n) is 10.8. The molecule has 3 N–H and O–H groups in total. The third-order valence-electron chi connectivity index (χ3n) is 2.87. The first-order valence-corrected chi connectivity index (χ1v) is 5.71. The maximum absolute atomic E-state index is 12.0. The van der Waals surface area contributed by atoms with Crippen LogP contribution >= 0.6 is 0 Å². The summed E-state index contributed by atoms with van der Waals surface area (Å²) < 4.78 is 1.45. The van der Waals surface area contributed by atoms with Crippen molar-refractivity contribution in [3.8, 4) is 0 Å². The summed E-state index contributed by atoms with van der Waals surface area (Å²) in [5, 5.41) is 7.58. The Hall–Kier alpha value is -2.63. The van der Waals surface area contributed by atoms with Crippen LogP contribution in [0, 0.1) is 5.41 Å². The Morgan fingerprint density at radius 3 is 2.79 bits per heavy atom. The van der Waals surface area contributed by atoms with Crippen LogP contribution in [0.1, 0.15) is 5.56 Å². The second-order valence-corrected chi connectivity index (χ2v) is 4.16. The molecule has 6 nitrogen and oxygen atoms in total. The molecule has 0 unspecified atom stereocenters. The Morgan fingerprint density at radius 2 is 2.11 bits per heavy atom. The fourth-order valence-electron chi connectivity index (χ4n) is 1.82. The SMILES string of the molecule is CN(c1ccccc1C(=N)N)c1nccn(C)c1=O. The van der Waals surface area contributed by atoms with Crippen LogP contribution in [0.2, 0.25) is 0 Å². The minimum Gasteiger partial charge on any atom is -0.384 e. The second kappa shape index (κ2) is 4.93. The normalized spacial score (nSPS) is 10.2. The second-order valence-electron chi connectivity index (χ2n) is 4.16. The molecule has 0 aliphatic heterocycles.